The van der Waals surface area contributed by atoms with Gasteiger partial charge < -0.3 is 10.2 Å². The van der Waals surface area contributed by atoms with Gasteiger partial charge in [0.15, 0.2) is 0 Å². The lowest BCUT2D eigenvalue weighted by Crippen LogP contribution is -2.50. The maximum Gasteiger partial charge on any atom is 0.254 e. The smallest absolute Gasteiger partial charge is 0.254 e. The fraction of sp³-hybridized carbons (Fsp3) is 0.286. The van der Waals surface area contributed by atoms with Crippen LogP contribution in [0.4, 0.5) is 5.69 Å². The fourth-order valence-corrected chi connectivity index (χ4v) is 4.62. The standard InChI is InChI=1S/C28H28Cl2N2O2/c1-2-3-4-7-19-10-13-23(14-11-19)31-27(33)26-17-20-8-5-6-9-22(20)18-32(26)28(34)21-12-15-24(29)25(30)16-21/h5-6,8-16,26H,2-4,7,17-18H2,1H3,(H,31,33)/t26-/m0/s1. The molecule has 2 amide bonds. The molecule has 1 aliphatic heterocycles. The van der Waals surface area contributed by atoms with Gasteiger partial charge in [0.1, 0.15) is 6.04 Å². The molecule has 0 unspecified atom stereocenters. The molecule has 0 radical (unpaired) electrons. The van der Waals surface area contributed by atoms with Crippen LogP contribution in [0.2, 0.25) is 10.0 Å². The molecule has 4 rings (SSSR count). The number of nitrogens with one attached hydrogen (secondary N) is 1. The number of unbranched alkanes of at least 4 members (excludes halogenated alkanes) is 2. The normalized spacial score (nSPS) is 15.0. The Morgan fingerprint density at radius 2 is 1.68 bits per heavy atom. The predicted molar refractivity (Wildman–Crippen MR) is 139 cm³/mol. The SMILES string of the molecule is CCCCCc1ccc(NC(=O)[C@@H]2Cc3ccccc3CN2C(=O)c2ccc(Cl)c(Cl)c2)cc1. The van der Waals surface area contributed by atoms with Crippen molar-refractivity contribution in [1.29, 1.82) is 0 Å². The molecular weight excluding hydrogens is 467 g/mol. The van der Waals surface area contributed by atoms with Crippen molar-refractivity contribution in [2.75, 3.05) is 5.32 Å². The minimum atomic E-state index is -0.638. The van der Waals surface area contributed by atoms with E-state index in [1.54, 1.807) is 23.1 Å². The van der Waals surface area contributed by atoms with Gasteiger partial charge in [-0.15, -0.1) is 0 Å². The van der Waals surface area contributed by atoms with E-state index in [0.717, 1.165) is 29.7 Å². The number of amides is 2. The molecule has 1 heterocycles. The molecule has 0 bridgehead atoms. The van der Waals surface area contributed by atoms with Gasteiger partial charge in [-0.1, -0.05) is 79.4 Å². The lowest BCUT2D eigenvalue weighted by Gasteiger charge is -2.36. The van der Waals surface area contributed by atoms with E-state index < -0.39 is 6.04 Å². The molecule has 1 aliphatic rings. The second-order valence-electron chi connectivity index (χ2n) is 8.69. The van der Waals surface area contributed by atoms with Crippen molar-refractivity contribution in [3.8, 4) is 0 Å². The molecule has 0 fully saturated rings. The second-order valence-corrected chi connectivity index (χ2v) is 9.51. The van der Waals surface area contributed by atoms with E-state index in [1.165, 1.54) is 18.4 Å². The van der Waals surface area contributed by atoms with Gasteiger partial charge in [0, 0.05) is 24.2 Å². The first kappa shape index (κ1) is 24.3. The third-order valence-electron chi connectivity index (χ3n) is 6.27. The number of carbonyl (C=O) groups excluding carboxylic acids is 2. The molecule has 4 nitrogen and oxygen atoms in total. The molecular formula is C28H28Cl2N2O2. The zero-order valence-corrected chi connectivity index (χ0v) is 20.7. The van der Waals surface area contributed by atoms with Gasteiger partial charge in [0.2, 0.25) is 5.91 Å². The molecule has 0 spiro atoms. The number of aryl methyl sites for hydroxylation is 1. The molecule has 1 atom stereocenters. The lowest BCUT2D eigenvalue weighted by molar-refractivity contribution is -0.121. The Hall–Kier alpha value is -2.82. The van der Waals surface area contributed by atoms with Crippen LogP contribution >= 0.6 is 23.2 Å². The molecule has 1 N–H and O–H groups in total. The van der Waals surface area contributed by atoms with Crippen molar-refractivity contribution in [3.63, 3.8) is 0 Å². The van der Waals surface area contributed by atoms with Crippen molar-refractivity contribution < 1.29 is 9.59 Å². The first-order valence-corrected chi connectivity index (χ1v) is 12.4. The Labute approximate surface area is 210 Å². The quantitative estimate of drug-likeness (QED) is 0.361. The molecule has 0 saturated carbocycles. The van der Waals surface area contributed by atoms with Crippen LogP contribution in [0, 0.1) is 0 Å². The van der Waals surface area contributed by atoms with Crippen LogP contribution < -0.4 is 5.32 Å². The highest BCUT2D eigenvalue weighted by Gasteiger charge is 2.35. The molecule has 0 saturated heterocycles. The fourth-order valence-electron chi connectivity index (χ4n) is 4.33. The number of hydrogen-bond acceptors (Lipinski definition) is 2. The molecule has 6 heteroatoms. The van der Waals surface area contributed by atoms with E-state index in [-0.39, 0.29) is 11.8 Å². The predicted octanol–water partition coefficient (Wildman–Crippen LogP) is 6.93. The number of rotatable bonds is 7. The Kier molecular flexibility index (Phi) is 7.91. The number of hydrogen-bond donors (Lipinski definition) is 1. The number of fused-ring (bicyclic) bond motifs is 1. The summed E-state index contributed by atoms with van der Waals surface area (Å²) >= 11 is 12.2. The number of halogens is 2. The van der Waals surface area contributed by atoms with Crippen molar-refractivity contribution in [3.05, 3.63) is 99.0 Å². The van der Waals surface area contributed by atoms with Crippen LogP contribution in [0.3, 0.4) is 0 Å². The van der Waals surface area contributed by atoms with Crippen molar-refractivity contribution >= 4 is 40.7 Å². The highest BCUT2D eigenvalue weighted by molar-refractivity contribution is 6.42. The highest BCUT2D eigenvalue weighted by Crippen LogP contribution is 2.28. The Morgan fingerprint density at radius 1 is 0.941 bits per heavy atom. The maximum absolute atomic E-state index is 13.5. The Balaban J connectivity index is 1.55. The number of nitrogens with zero attached hydrogens (tertiary/aromatic N) is 1. The van der Waals surface area contributed by atoms with Crippen LogP contribution in [-0.2, 0) is 24.2 Å². The summed E-state index contributed by atoms with van der Waals surface area (Å²) in [7, 11) is 0. The summed E-state index contributed by atoms with van der Waals surface area (Å²) in [5.41, 5.74) is 4.51. The summed E-state index contributed by atoms with van der Waals surface area (Å²) < 4.78 is 0. The van der Waals surface area contributed by atoms with Gasteiger partial charge >= 0.3 is 0 Å². The minimum absolute atomic E-state index is 0.207. The summed E-state index contributed by atoms with van der Waals surface area (Å²) in [4.78, 5) is 28.5. The van der Waals surface area contributed by atoms with Crippen LogP contribution in [0.25, 0.3) is 0 Å². The van der Waals surface area contributed by atoms with Gasteiger partial charge in [0.25, 0.3) is 5.91 Å². The van der Waals surface area contributed by atoms with Crippen molar-refractivity contribution in [2.24, 2.45) is 0 Å². The van der Waals surface area contributed by atoms with Gasteiger partial charge in [-0.05, 0) is 59.9 Å². The largest absolute Gasteiger partial charge is 0.324 e. The Bertz CT molecular complexity index is 1180. The van der Waals surface area contributed by atoms with Crippen LogP contribution in [0.1, 0.15) is 53.2 Å². The van der Waals surface area contributed by atoms with E-state index in [9.17, 15) is 9.59 Å². The molecule has 0 aromatic heterocycles. The zero-order chi connectivity index (χ0) is 24.1. The minimum Gasteiger partial charge on any atom is -0.324 e. The second kappa shape index (κ2) is 11.1. The van der Waals surface area contributed by atoms with Crippen LogP contribution in [-0.4, -0.2) is 22.8 Å². The van der Waals surface area contributed by atoms with Gasteiger partial charge in [-0.3, -0.25) is 9.59 Å². The lowest BCUT2D eigenvalue weighted by atomic mass is 9.92. The van der Waals surface area contributed by atoms with Gasteiger partial charge in [-0.25, -0.2) is 0 Å². The van der Waals surface area contributed by atoms with E-state index >= 15 is 0 Å². The molecule has 0 aliphatic carbocycles. The maximum atomic E-state index is 13.5. The van der Waals surface area contributed by atoms with Gasteiger partial charge in [0.05, 0.1) is 10.0 Å². The van der Waals surface area contributed by atoms with E-state index in [1.807, 2.05) is 36.4 Å². The van der Waals surface area contributed by atoms with Crippen molar-refractivity contribution in [1.82, 2.24) is 4.90 Å². The first-order valence-electron chi connectivity index (χ1n) is 11.7. The Morgan fingerprint density at radius 3 is 2.38 bits per heavy atom. The monoisotopic (exact) mass is 494 g/mol. The summed E-state index contributed by atoms with van der Waals surface area (Å²) in [6.07, 6.45) is 5.05. The number of carbonyl (C=O) groups is 2. The summed E-state index contributed by atoms with van der Waals surface area (Å²) in [6.45, 7) is 2.54. The number of benzene rings is 3. The molecule has 3 aromatic rings. The zero-order valence-electron chi connectivity index (χ0n) is 19.2. The molecule has 3 aromatic carbocycles. The van der Waals surface area contributed by atoms with Crippen molar-refractivity contribution in [2.45, 2.75) is 51.6 Å². The summed E-state index contributed by atoms with van der Waals surface area (Å²) in [5.74, 6) is -0.457. The average molecular weight is 495 g/mol. The summed E-state index contributed by atoms with van der Waals surface area (Å²) in [6, 6.07) is 20.1. The van der Waals surface area contributed by atoms with Gasteiger partial charge in [-0.2, -0.15) is 0 Å². The molecule has 176 valence electrons. The third-order valence-corrected chi connectivity index (χ3v) is 7.01. The van der Waals surface area contributed by atoms with Crippen LogP contribution in [0.5, 0.6) is 0 Å². The van der Waals surface area contributed by atoms with Crippen LogP contribution in [0.15, 0.2) is 66.7 Å². The average Bonchev–Trinajstić information content (AvgIpc) is 2.85. The topological polar surface area (TPSA) is 49.4 Å². The van der Waals surface area contributed by atoms with E-state index in [0.29, 0.717) is 28.6 Å². The summed E-state index contributed by atoms with van der Waals surface area (Å²) in [5, 5.41) is 3.71. The van der Waals surface area contributed by atoms with E-state index in [2.05, 4.69) is 24.4 Å². The third kappa shape index (κ3) is 5.63. The highest BCUT2D eigenvalue weighted by atomic mass is 35.5. The van der Waals surface area contributed by atoms with E-state index in [4.69, 9.17) is 23.2 Å². The first-order chi connectivity index (χ1) is 16.5. The number of anilines is 1. The molecule has 34 heavy (non-hydrogen) atoms.